The average molecular weight is 452 g/mol. The monoisotopic (exact) mass is 452 g/mol. The number of aromatic amines is 1. The maximum Gasteiger partial charge on any atom is 0.127 e. The van der Waals surface area contributed by atoms with Gasteiger partial charge in [0.2, 0.25) is 0 Å². The van der Waals surface area contributed by atoms with Gasteiger partial charge in [-0.2, -0.15) is 0 Å². The van der Waals surface area contributed by atoms with Crippen LogP contribution in [0.1, 0.15) is 23.9 Å². The summed E-state index contributed by atoms with van der Waals surface area (Å²) in [5.74, 6) is -0.654. The summed E-state index contributed by atoms with van der Waals surface area (Å²) in [5.41, 5.74) is 7.04. The Bertz CT molecular complexity index is 1510. The smallest absolute Gasteiger partial charge is 0.127 e. The average Bonchev–Trinajstić information content (AvgIpc) is 3.27. The van der Waals surface area contributed by atoms with Crippen LogP contribution in [0.25, 0.3) is 33.2 Å². The standard InChI is InChI=1S/C26H21FN6O/c1-3-31-26(21-6-17(11-32-15(21)2)18-9-29-14-30-10-18)24-8-22-23(12-28-13-25(22)33-24)16-4-19(27)7-20(34)5-16/h4-14,33-34H,3H2,1-2H3. The van der Waals surface area contributed by atoms with Crippen molar-refractivity contribution >= 4 is 16.6 Å². The highest BCUT2D eigenvalue weighted by Crippen LogP contribution is 2.32. The number of aryl methyl sites for hydroxylation is 1. The highest BCUT2D eigenvalue weighted by molar-refractivity contribution is 6.15. The van der Waals surface area contributed by atoms with Crippen molar-refractivity contribution in [3.63, 3.8) is 0 Å². The van der Waals surface area contributed by atoms with Crippen molar-refractivity contribution in [1.29, 1.82) is 0 Å². The Labute approximate surface area is 195 Å². The molecule has 0 spiro atoms. The number of pyridine rings is 2. The van der Waals surface area contributed by atoms with Gasteiger partial charge in [0.25, 0.3) is 0 Å². The molecule has 5 rings (SSSR count). The largest absolute Gasteiger partial charge is 0.508 e. The van der Waals surface area contributed by atoms with E-state index in [0.717, 1.165) is 50.8 Å². The van der Waals surface area contributed by atoms with E-state index in [-0.39, 0.29) is 5.75 Å². The van der Waals surface area contributed by atoms with Gasteiger partial charge in [0.15, 0.2) is 0 Å². The molecule has 0 aliphatic carbocycles. The third-order valence-electron chi connectivity index (χ3n) is 5.55. The van der Waals surface area contributed by atoms with E-state index in [4.69, 9.17) is 4.99 Å². The molecule has 0 bridgehead atoms. The van der Waals surface area contributed by atoms with Crippen LogP contribution in [0.4, 0.5) is 4.39 Å². The first-order valence-corrected chi connectivity index (χ1v) is 10.8. The van der Waals surface area contributed by atoms with Crippen molar-refractivity contribution in [3.8, 4) is 28.0 Å². The lowest BCUT2D eigenvalue weighted by Crippen LogP contribution is -2.08. The number of phenolic OH excluding ortho intramolecular Hbond substituents is 1. The van der Waals surface area contributed by atoms with E-state index in [2.05, 4.69) is 24.9 Å². The number of rotatable bonds is 5. The first kappa shape index (κ1) is 21.4. The predicted molar refractivity (Wildman–Crippen MR) is 129 cm³/mol. The summed E-state index contributed by atoms with van der Waals surface area (Å²) in [6.45, 7) is 4.49. The summed E-state index contributed by atoms with van der Waals surface area (Å²) in [4.78, 5) is 25.3. The molecule has 0 saturated heterocycles. The number of hydrogen-bond donors (Lipinski definition) is 2. The van der Waals surface area contributed by atoms with Crippen LogP contribution in [0.15, 0.2) is 72.6 Å². The molecule has 7 nitrogen and oxygen atoms in total. The molecule has 0 aliphatic heterocycles. The minimum atomic E-state index is -0.514. The number of halogens is 1. The molecule has 0 saturated carbocycles. The number of nitrogens with zero attached hydrogens (tertiary/aromatic N) is 5. The van der Waals surface area contributed by atoms with E-state index in [1.807, 2.05) is 26.0 Å². The fourth-order valence-electron chi connectivity index (χ4n) is 3.99. The lowest BCUT2D eigenvalue weighted by Gasteiger charge is -2.10. The summed E-state index contributed by atoms with van der Waals surface area (Å²) < 4.78 is 14.0. The van der Waals surface area contributed by atoms with Gasteiger partial charge < -0.3 is 10.1 Å². The van der Waals surface area contributed by atoms with Crippen LogP contribution in [0, 0.1) is 12.7 Å². The van der Waals surface area contributed by atoms with Gasteiger partial charge in [-0.15, -0.1) is 0 Å². The van der Waals surface area contributed by atoms with Crippen LogP contribution in [0.2, 0.25) is 0 Å². The number of benzene rings is 1. The van der Waals surface area contributed by atoms with Crippen molar-refractivity contribution in [2.24, 2.45) is 4.99 Å². The van der Waals surface area contributed by atoms with Gasteiger partial charge in [-0.25, -0.2) is 14.4 Å². The lowest BCUT2D eigenvalue weighted by atomic mass is 10.0. The van der Waals surface area contributed by atoms with Crippen molar-refractivity contribution in [1.82, 2.24) is 24.9 Å². The normalized spacial score (nSPS) is 11.8. The molecule has 168 valence electrons. The maximum absolute atomic E-state index is 14.0. The number of aromatic hydroxyl groups is 1. The van der Waals surface area contributed by atoms with Crippen LogP contribution >= 0.6 is 0 Å². The van der Waals surface area contributed by atoms with Gasteiger partial charge in [-0.1, -0.05) is 0 Å². The quantitative estimate of drug-likeness (QED) is 0.362. The summed E-state index contributed by atoms with van der Waals surface area (Å²) in [6, 6.07) is 7.98. The molecule has 8 heteroatoms. The van der Waals surface area contributed by atoms with E-state index in [1.165, 1.54) is 18.5 Å². The molecule has 0 amide bonds. The van der Waals surface area contributed by atoms with Gasteiger partial charge in [0.05, 0.1) is 23.1 Å². The molecule has 4 heterocycles. The fraction of sp³-hybridized carbons (Fsp3) is 0.115. The third kappa shape index (κ3) is 4.01. The Hall–Kier alpha value is -4.46. The number of phenols is 1. The first-order chi connectivity index (χ1) is 16.5. The summed E-state index contributed by atoms with van der Waals surface area (Å²) in [6.07, 6.45) is 10.2. The summed E-state index contributed by atoms with van der Waals surface area (Å²) in [5, 5.41) is 10.7. The van der Waals surface area contributed by atoms with E-state index in [0.29, 0.717) is 17.7 Å². The van der Waals surface area contributed by atoms with E-state index >= 15 is 0 Å². The van der Waals surface area contributed by atoms with Gasteiger partial charge in [0.1, 0.15) is 17.9 Å². The second kappa shape index (κ2) is 8.82. The Kier molecular flexibility index (Phi) is 5.55. The van der Waals surface area contributed by atoms with Crippen LogP contribution in [0.5, 0.6) is 5.75 Å². The predicted octanol–water partition coefficient (Wildman–Crippen LogP) is 5.09. The first-order valence-electron chi connectivity index (χ1n) is 10.8. The Morgan fingerprint density at radius 1 is 0.941 bits per heavy atom. The van der Waals surface area contributed by atoms with Gasteiger partial charge in [-0.3, -0.25) is 15.0 Å². The van der Waals surface area contributed by atoms with E-state index in [9.17, 15) is 9.50 Å². The van der Waals surface area contributed by atoms with Gasteiger partial charge in [-0.05, 0) is 43.7 Å². The topological polar surface area (TPSA) is 99.9 Å². The summed E-state index contributed by atoms with van der Waals surface area (Å²) >= 11 is 0. The molecular weight excluding hydrogens is 431 g/mol. The van der Waals surface area contributed by atoms with Crippen molar-refractivity contribution in [2.75, 3.05) is 6.54 Å². The van der Waals surface area contributed by atoms with Crippen molar-refractivity contribution in [3.05, 3.63) is 90.4 Å². The zero-order chi connectivity index (χ0) is 23.7. The van der Waals surface area contributed by atoms with Crippen molar-refractivity contribution < 1.29 is 9.50 Å². The van der Waals surface area contributed by atoms with Crippen molar-refractivity contribution in [2.45, 2.75) is 13.8 Å². The SMILES string of the molecule is CCN=C(c1cc2c(-c3cc(O)cc(F)c3)cncc2[nH]1)c1cc(-c2cncnc2)cnc1C. The highest BCUT2D eigenvalue weighted by Gasteiger charge is 2.17. The van der Waals surface area contributed by atoms with Gasteiger partial charge in [0, 0.05) is 70.7 Å². The second-order valence-electron chi connectivity index (χ2n) is 7.84. The van der Waals surface area contributed by atoms with Gasteiger partial charge >= 0.3 is 0 Å². The van der Waals surface area contributed by atoms with E-state index in [1.54, 1.807) is 31.0 Å². The molecule has 34 heavy (non-hydrogen) atoms. The highest BCUT2D eigenvalue weighted by atomic mass is 19.1. The number of H-pyrrole nitrogens is 1. The number of aromatic nitrogens is 5. The van der Waals surface area contributed by atoms with Crippen LogP contribution in [-0.4, -0.2) is 42.3 Å². The minimum Gasteiger partial charge on any atom is -0.508 e. The Balaban J connectivity index is 1.66. The lowest BCUT2D eigenvalue weighted by molar-refractivity contribution is 0.469. The van der Waals surface area contributed by atoms with E-state index < -0.39 is 5.82 Å². The third-order valence-corrected chi connectivity index (χ3v) is 5.55. The zero-order valence-electron chi connectivity index (χ0n) is 18.6. The molecular formula is C26H21FN6O. The molecule has 0 atom stereocenters. The molecule has 4 aromatic heterocycles. The molecule has 0 fully saturated rings. The van der Waals surface area contributed by atoms with Crippen LogP contribution < -0.4 is 0 Å². The van der Waals surface area contributed by atoms with Crippen LogP contribution in [0.3, 0.4) is 0 Å². The fourth-order valence-corrected chi connectivity index (χ4v) is 3.99. The molecule has 5 aromatic rings. The number of hydrogen-bond acceptors (Lipinski definition) is 6. The Morgan fingerprint density at radius 2 is 1.76 bits per heavy atom. The Morgan fingerprint density at radius 3 is 2.53 bits per heavy atom. The summed E-state index contributed by atoms with van der Waals surface area (Å²) in [7, 11) is 0. The van der Waals surface area contributed by atoms with Crippen LogP contribution in [-0.2, 0) is 0 Å². The number of nitrogens with one attached hydrogen (secondary N) is 1. The minimum absolute atomic E-state index is 0.139. The molecule has 0 aliphatic rings. The maximum atomic E-state index is 14.0. The molecule has 0 unspecified atom stereocenters. The number of aliphatic imine (C=N–C) groups is 1. The molecule has 0 radical (unpaired) electrons. The second-order valence-corrected chi connectivity index (χ2v) is 7.84. The molecule has 2 N–H and O–H groups in total. The zero-order valence-corrected chi connectivity index (χ0v) is 18.6. The number of fused-ring (bicyclic) bond motifs is 1. The molecule has 1 aromatic carbocycles.